The number of rotatable bonds is 3. The van der Waals surface area contributed by atoms with Gasteiger partial charge in [0.2, 0.25) is 0 Å². The van der Waals surface area contributed by atoms with Crippen LogP contribution >= 0.6 is 0 Å². The third-order valence-corrected chi connectivity index (χ3v) is 3.12. The number of esters is 1. The molecule has 1 rings (SSSR count). The molecule has 0 aliphatic carbocycles. The zero-order chi connectivity index (χ0) is 15.2. The molecule has 1 saturated heterocycles. The van der Waals surface area contributed by atoms with Gasteiger partial charge in [0.1, 0.15) is 5.60 Å². The zero-order valence-corrected chi connectivity index (χ0v) is 12.8. The van der Waals surface area contributed by atoms with E-state index in [4.69, 9.17) is 4.74 Å². The van der Waals surface area contributed by atoms with Crippen molar-refractivity contribution in [3.8, 4) is 0 Å². The minimum atomic E-state index is -0.485. The molecule has 20 heavy (non-hydrogen) atoms. The molecule has 1 heterocycles. The summed E-state index contributed by atoms with van der Waals surface area (Å²) in [6.07, 6.45) is 6.57. The lowest BCUT2D eigenvalue weighted by Crippen LogP contribution is -2.45. The predicted octanol–water partition coefficient (Wildman–Crippen LogP) is 2.90. The normalized spacial score (nSPS) is 20.0. The van der Waals surface area contributed by atoms with Gasteiger partial charge in [0.15, 0.2) is 0 Å². The summed E-state index contributed by atoms with van der Waals surface area (Å²) < 4.78 is 9.98. The summed E-state index contributed by atoms with van der Waals surface area (Å²) in [6, 6.07) is 0.0968. The number of ether oxygens (including phenoxy) is 2. The van der Waals surface area contributed by atoms with Crippen LogP contribution in [0.2, 0.25) is 0 Å². The molecule has 5 heteroatoms. The molecule has 1 amide bonds. The van der Waals surface area contributed by atoms with Gasteiger partial charge < -0.3 is 14.4 Å². The Labute approximate surface area is 120 Å². The number of nitrogens with zero attached hydrogens (tertiary/aromatic N) is 1. The molecule has 1 atom stereocenters. The Kier molecular flexibility index (Phi) is 6.05. The second-order valence-corrected chi connectivity index (χ2v) is 5.98. The fraction of sp³-hybridized carbons (Fsp3) is 0.733. The number of amides is 1. The van der Waals surface area contributed by atoms with Crippen LogP contribution in [0.3, 0.4) is 0 Å². The molecule has 1 aliphatic rings. The smallest absolute Gasteiger partial charge is 0.410 e. The lowest BCUT2D eigenvalue weighted by Gasteiger charge is -2.36. The van der Waals surface area contributed by atoms with Crippen LogP contribution in [0.25, 0.3) is 0 Å². The summed E-state index contributed by atoms with van der Waals surface area (Å²) in [5.74, 6) is -0.371. The third-order valence-electron chi connectivity index (χ3n) is 3.12. The number of likely N-dealkylation sites (tertiary alicyclic amines) is 1. The van der Waals surface area contributed by atoms with E-state index >= 15 is 0 Å². The Morgan fingerprint density at radius 1 is 1.30 bits per heavy atom. The molecule has 0 unspecified atom stereocenters. The van der Waals surface area contributed by atoms with Gasteiger partial charge in [0.05, 0.1) is 7.11 Å². The first-order valence-electron chi connectivity index (χ1n) is 7.07. The Hall–Kier alpha value is -1.52. The maximum absolute atomic E-state index is 12.2. The fourth-order valence-electron chi connectivity index (χ4n) is 2.20. The van der Waals surface area contributed by atoms with Gasteiger partial charge in [-0.05, 0) is 46.5 Å². The highest BCUT2D eigenvalue weighted by atomic mass is 16.6. The lowest BCUT2D eigenvalue weighted by atomic mass is 9.99. The van der Waals surface area contributed by atoms with Gasteiger partial charge in [0.25, 0.3) is 0 Å². The predicted molar refractivity (Wildman–Crippen MR) is 76.4 cm³/mol. The van der Waals surface area contributed by atoms with E-state index < -0.39 is 5.60 Å². The van der Waals surface area contributed by atoms with Crippen molar-refractivity contribution in [2.24, 2.45) is 0 Å². The average Bonchev–Trinajstić information content (AvgIpc) is 2.37. The molecule has 0 bridgehead atoms. The van der Waals surface area contributed by atoms with Crippen LogP contribution in [0.1, 0.15) is 46.5 Å². The third kappa shape index (κ3) is 5.63. The monoisotopic (exact) mass is 283 g/mol. The standard InChI is InChI=1S/C15H25NO4/c1-15(2,3)20-14(18)16-11-6-5-8-12(16)9-7-10-13(17)19-4/h7,10,12H,5-6,8-9,11H2,1-4H3/b10-7+/t12-/m0/s1. The molecule has 0 spiro atoms. The number of hydrogen-bond acceptors (Lipinski definition) is 4. The van der Waals surface area contributed by atoms with Crippen LogP contribution in [0.5, 0.6) is 0 Å². The number of methoxy groups -OCH3 is 1. The molecule has 0 aromatic heterocycles. The van der Waals surface area contributed by atoms with Crippen molar-refractivity contribution in [2.45, 2.75) is 58.1 Å². The molecule has 0 aromatic carbocycles. The molecule has 5 nitrogen and oxygen atoms in total. The van der Waals surface area contributed by atoms with E-state index in [-0.39, 0.29) is 18.1 Å². The minimum absolute atomic E-state index is 0.0968. The van der Waals surface area contributed by atoms with E-state index in [1.54, 1.807) is 11.0 Å². The summed E-state index contributed by atoms with van der Waals surface area (Å²) in [7, 11) is 1.35. The van der Waals surface area contributed by atoms with Crippen LogP contribution in [0.15, 0.2) is 12.2 Å². The average molecular weight is 283 g/mol. The number of piperidine rings is 1. The minimum Gasteiger partial charge on any atom is -0.466 e. The quantitative estimate of drug-likeness (QED) is 0.590. The van der Waals surface area contributed by atoms with Gasteiger partial charge >= 0.3 is 12.1 Å². The molecule has 1 aliphatic heterocycles. The second kappa shape index (κ2) is 7.31. The molecule has 0 radical (unpaired) electrons. The molecular formula is C15H25NO4. The van der Waals surface area contributed by atoms with E-state index in [2.05, 4.69) is 4.74 Å². The number of carbonyl (C=O) groups is 2. The Balaban J connectivity index is 2.60. The van der Waals surface area contributed by atoms with Gasteiger partial charge in [-0.25, -0.2) is 9.59 Å². The summed E-state index contributed by atoms with van der Waals surface area (Å²) >= 11 is 0. The molecular weight excluding hydrogens is 258 g/mol. The van der Waals surface area contributed by atoms with Crippen molar-refractivity contribution in [1.82, 2.24) is 4.90 Å². The summed E-state index contributed by atoms with van der Waals surface area (Å²) in [5.41, 5.74) is -0.485. The fourth-order valence-corrected chi connectivity index (χ4v) is 2.20. The lowest BCUT2D eigenvalue weighted by molar-refractivity contribution is -0.134. The molecule has 114 valence electrons. The first kappa shape index (κ1) is 16.5. The summed E-state index contributed by atoms with van der Waals surface area (Å²) in [5, 5.41) is 0. The number of carbonyl (C=O) groups excluding carboxylic acids is 2. The van der Waals surface area contributed by atoms with Gasteiger partial charge in [-0.2, -0.15) is 0 Å². The second-order valence-electron chi connectivity index (χ2n) is 5.98. The van der Waals surface area contributed by atoms with E-state index in [0.717, 1.165) is 19.3 Å². The van der Waals surface area contributed by atoms with Gasteiger partial charge in [-0.1, -0.05) is 6.08 Å². The van der Waals surface area contributed by atoms with Crippen LogP contribution < -0.4 is 0 Å². The van der Waals surface area contributed by atoms with Gasteiger partial charge in [-0.15, -0.1) is 0 Å². The van der Waals surface area contributed by atoms with Gasteiger partial charge in [0, 0.05) is 18.7 Å². The van der Waals surface area contributed by atoms with Crippen LogP contribution in [-0.4, -0.2) is 42.3 Å². The van der Waals surface area contributed by atoms with Crippen molar-refractivity contribution in [2.75, 3.05) is 13.7 Å². The first-order chi connectivity index (χ1) is 9.33. The molecule has 1 fully saturated rings. The van der Waals surface area contributed by atoms with Crippen LogP contribution in [0.4, 0.5) is 4.79 Å². The Morgan fingerprint density at radius 3 is 2.60 bits per heavy atom. The van der Waals surface area contributed by atoms with E-state index in [9.17, 15) is 9.59 Å². The van der Waals surface area contributed by atoms with E-state index in [1.165, 1.54) is 13.2 Å². The topological polar surface area (TPSA) is 55.8 Å². The van der Waals surface area contributed by atoms with Crippen molar-refractivity contribution >= 4 is 12.1 Å². The Morgan fingerprint density at radius 2 is 2.00 bits per heavy atom. The highest BCUT2D eigenvalue weighted by molar-refractivity contribution is 5.81. The van der Waals surface area contributed by atoms with Crippen molar-refractivity contribution in [1.29, 1.82) is 0 Å². The SMILES string of the molecule is COC(=O)/C=C/C[C@@H]1CCCCN1C(=O)OC(C)(C)C. The molecule has 0 saturated carbocycles. The maximum Gasteiger partial charge on any atom is 0.410 e. The maximum atomic E-state index is 12.2. The van der Waals surface area contributed by atoms with Crippen LogP contribution in [-0.2, 0) is 14.3 Å². The number of hydrogen-bond donors (Lipinski definition) is 0. The Bertz CT molecular complexity index is 371. The van der Waals surface area contributed by atoms with E-state index in [1.807, 2.05) is 20.8 Å². The van der Waals surface area contributed by atoms with Crippen LogP contribution in [0, 0.1) is 0 Å². The van der Waals surface area contributed by atoms with E-state index in [0.29, 0.717) is 13.0 Å². The molecule has 0 aromatic rings. The van der Waals surface area contributed by atoms with Crippen molar-refractivity contribution in [3.63, 3.8) is 0 Å². The van der Waals surface area contributed by atoms with Crippen molar-refractivity contribution in [3.05, 3.63) is 12.2 Å². The van der Waals surface area contributed by atoms with Gasteiger partial charge in [-0.3, -0.25) is 0 Å². The summed E-state index contributed by atoms with van der Waals surface area (Å²) in [4.78, 5) is 25.0. The zero-order valence-electron chi connectivity index (χ0n) is 12.8. The summed E-state index contributed by atoms with van der Waals surface area (Å²) in [6.45, 7) is 6.30. The largest absolute Gasteiger partial charge is 0.466 e. The highest BCUT2D eigenvalue weighted by Crippen LogP contribution is 2.22. The first-order valence-corrected chi connectivity index (χ1v) is 7.07. The molecule has 0 N–H and O–H groups in total. The van der Waals surface area contributed by atoms with Crippen molar-refractivity contribution < 1.29 is 19.1 Å². The highest BCUT2D eigenvalue weighted by Gasteiger charge is 2.29.